The lowest BCUT2D eigenvalue weighted by Crippen LogP contribution is -2.47. The van der Waals surface area contributed by atoms with E-state index in [4.69, 9.17) is 14.3 Å². The van der Waals surface area contributed by atoms with Crippen LogP contribution >= 0.6 is 0 Å². The van der Waals surface area contributed by atoms with Crippen molar-refractivity contribution in [3.63, 3.8) is 0 Å². The van der Waals surface area contributed by atoms with Gasteiger partial charge in [0.05, 0.1) is 0 Å². The Kier molecular flexibility index (Phi) is 8.54. The van der Waals surface area contributed by atoms with Gasteiger partial charge in [-0.2, -0.15) is 0 Å². The van der Waals surface area contributed by atoms with Crippen LogP contribution in [-0.4, -0.2) is 50.0 Å². The number of pyridine rings is 1. The number of amides is 1. The lowest BCUT2D eigenvalue weighted by atomic mass is 9.65. The van der Waals surface area contributed by atoms with Crippen LogP contribution < -0.4 is 5.32 Å². The number of ether oxygens (including phenoxy) is 2. The van der Waals surface area contributed by atoms with Gasteiger partial charge in [-0.1, -0.05) is 12.5 Å². The van der Waals surface area contributed by atoms with Crippen molar-refractivity contribution in [2.45, 2.75) is 96.3 Å². The minimum Gasteiger partial charge on any atom is -0.458 e. The fraction of sp³-hybridized carbons (Fsp3) is 0.708. The molecule has 2 N–H and O–H groups in total. The van der Waals surface area contributed by atoms with Gasteiger partial charge in [0.1, 0.15) is 17.2 Å². The molecule has 0 radical (unpaired) electrons. The van der Waals surface area contributed by atoms with E-state index >= 15 is 0 Å². The molecule has 0 saturated heterocycles. The van der Waals surface area contributed by atoms with E-state index in [1.165, 1.54) is 0 Å². The van der Waals surface area contributed by atoms with Crippen molar-refractivity contribution in [2.75, 3.05) is 11.5 Å². The summed E-state index contributed by atoms with van der Waals surface area (Å²) in [6, 6.07) is 4.78. The van der Waals surface area contributed by atoms with E-state index in [1.54, 1.807) is 47.7 Å². The molecule has 1 fully saturated rings. The van der Waals surface area contributed by atoms with E-state index in [-0.39, 0.29) is 23.3 Å². The van der Waals surface area contributed by atoms with Crippen molar-refractivity contribution >= 4 is 21.8 Å². The van der Waals surface area contributed by atoms with Crippen LogP contribution in [0.2, 0.25) is 0 Å². The minimum atomic E-state index is -2.97. The van der Waals surface area contributed by atoms with Gasteiger partial charge in [0.25, 0.3) is 0 Å². The summed E-state index contributed by atoms with van der Waals surface area (Å²) in [6.07, 6.45) is 4.70. The third kappa shape index (κ3) is 8.95. The van der Waals surface area contributed by atoms with Crippen molar-refractivity contribution in [2.24, 2.45) is 0 Å². The molecule has 186 valence electrons. The number of nitrogens with zero attached hydrogens (tertiary/aromatic N) is 1. The number of aromatic nitrogens is 1. The quantitative estimate of drug-likeness (QED) is 0.499. The lowest BCUT2D eigenvalue weighted by Gasteiger charge is -2.41. The Morgan fingerprint density at radius 2 is 1.76 bits per heavy atom. The van der Waals surface area contributed by atoms with E-state index in [0.29, 0.717) is 6.42 Å². The molecule has 0 spiro atoms. The maximum absolute atomic E-state index is 13.1. The highest BCUT2D eigenvalue weighted by Gasteiger charge is 2.40. The van der Waals surface area contributed by atoms with Crippen LogP contribution in [0.4, 0.5) is 4.79 Å². The summed E-state index contributed by atoms with van der Waals surface area (Å²) in [5.41, 5.74) is -0.602. The molecule has 1 amide bonds. The average Bonchev–Trinajstić information content (AvgIpc) is 2.62. The summed E-state index contributed by atoms with van der Waals surface area (Å²) >= 11 is 0. The molecule has 1 unspecified atom stereocenters. The standard InChI is InChI=1S/C24H39N3O5S/c1-22(2,3)31-20(28)18(27-21(29)32-23(4,5)6)11-16-33(25,30)17-14-24(12-9-13-24)19-10-7-8-15-26-19/h7-8,10,15,18,25H,9,11-14,16-17H2,1-6H3,(H,27,29)/t18-,33?/m0/s1. The van der Waals surface area contributed by atoms with Gasteiger partial charge in [-0.25, -0.2) is 13.8 Å². The Morgan fingerprint density at radius 3 is 2.24 bits per heavy atom. The first-order valence-electron chi connectivity index (χ1n) is 11.5. The van der Waals surface area contributed by atoms with Gasteiger partial charge in [-0.05, 0) is 79.4 Å². The van der Waals surface area contributed by atoms with Crippen molar-refractivity contribution in [3.05, 3.63) is 30.1 Å². The van der Waals surface area contributed by atoms with Gasteiger partial charge < -0.3 is 14.8 Å². The summed E-state index contributed by atoms with van der Waals surface area (Å²) in [6.45, 7) is 10.4. The molecule has 1 saturated carbocycles. The molecule has 1 aromatic rings. The zero-order chi connectivity index (χ0) is 24.9. The van der Waals surface area contributed by atoms with Crippen LogP contribution in [0.3, 0.4) is 0 Å². The summed E-state index contributed by atoms with van der Waals surface area (Å²) < 4.78 is 32.2. The molecule has 0 aliphatic heterocycles. The molecule has 1 aliphatic carbocycles. The predicted molar refractivity (Wildman–Crippen MR) is 129 cm³/mol. The maximum Gasteiger partial charge on any atom is 0.408 e. The first-order chi connectivity index (χ1) is 15.1. The fourth-order valence-corrected chi connectivity index (χ4v) is 5.30. The van der Waals surface area contributed by atoms with Crippen LogP contribution in [0.15, 0.2) is 24.4 Å². The predicted octanol–water partition coefficient (Wildman–Crippen LogP) is 4.57. The zero-order valence-electron chi connectivity index (χ0n) is 20.7. The van der Waals surface area contributed by atoms with E-state index in [0.717, 1.165) is 25.0 Å². The SMILES string of the molecule is CC(C)(C)OC(=O)N[C@@H](CCS(=N)(=O)CCC1(c2ccccn2)CCC1)C(=O)OC(C)(C)C. The Bertz CT molecular complexity index is 914. The van der Waals surface area contributed by atoms with Crippen molar-refractivity contribution < 1.29 is 23.3 Å². The highest BCUT2D eigenvalue weighted by molar-refractivity contribution is 7.92. The molecule has 0 aromatic carbocycles. The van der Waals surface area contributed by atoms with Crippen LogP contribution in [0.5, 0.6) is 0 Å². The molecule has 33 heavy (non-hydrogen) atoms. The molecule has 1 aromatic heterocycles. The highest BCUT2D eigenvalue weighted by atomic mass is 32.2. The van der Waals surface area contributed by atoms with Crippen LogP contribution in [0, 0.1) is 4.78 Å². The number of hydrogen-bond donors (Lipinski definition) is 2. The first kappa shape index (κ1) is 27.1. The minimum absolute atomic E-state index is 0.0228. The molecule has 1 heterocycles. The third-order valence-corrected chi connectivity index (χ3v) is 7.31. The van der Waals surface area contributed by atoms with E-state index < -0.39 is 39.0 Å². The summed E-state index contributed by atoms with van der Waals surface area (Å²) in [5.74, 6) is -0.435. The fourth-order valence-electron chi connectivity index (χ4n) is 3.76. The Hall–Kier alpha value is -2.16. The van der Waals surface area contributed by atoms with Crippen molar-refractivity contribution in [1.82, 2.24) is 10.3 Å². The van der Waals surface area contributed by atoms with E-state index in [1.807, 2.05) is 18.2 Å². The van der Waals surface area contributed by atoms with Crippen molar-refractivity contribution in [1.29, 1.82) is 4.78 Å². The van der Waals surface area contributed by atoms with Gasteiger partial charge in [-0.3, -0.25) is 9.76 Å². The first-order valence-corrected chi connectivity index (χ1v) is 13.4. The number of carbonyl (C=O) groups is 2. The number of nitrogens with one attached hydrogen (secondary N) is 2. The average molecular weight is 482 g/mol. The highest BCUT2D eigenvalue weighted by Crippen LogP contribution is 2.45. The molecule has 1 aliphatic rings. The van der Waals surface area contributed by atoms with Gasteiger partial charge >= 0.3 is 12.1 Å². The molecule has 0 bridgehead atoms. The van der Waals surface area contributed by atoms with Crippen LogP contribution in [0.1, 0.15) is 79.3 Å². The zero-order valence-corrected chi connectivity index (χ0v) is 21.5. The van der Waals surface area contributed by atoms with Crippen LogP contribution in [-0.2, 0) is 29.4 Å². The number of hydrogen-bond acceptors (Lipinski definition) is 7. The van der Waals surface area contributed by atoms with Gasteiger partial charge in [0.2, 0.25) is 0 Å². The number of alkyl carbamates (subject to hydrolysis) is 1. The number of esters is 1. The molecule has 2 rings (SSSR count). The van der Waals surface area contributed by atoms with Crippen molar-refractivity contribution in [3.8, 4) is 0 Å². The molecule has 8 nitrogen and oxygen atoms in total. The normalized spacial score (nSPS) is 18.4. The topological polar surface area (TPSA) is 118 Å². The molecular weight excluding hydrogens is 442 g/mol. The molecular formula is C24H39N3O5S. The molecule has 9 heteroatoms. The number of rotatable bonds is 9. The Labute approximate surface area is 198 Å². The smallest absolute Gasteiger partial charge is 0.408 e. The summed E-state index contributed by atoms with van der Waals surface area (Å²) in [7, 11) is -2.97. The monoisotopic (exact) mass is 481 g/mol. The second-order valence-electron chi connectivity index (χ2n) is 10.8. The molecule has 2 atom stereocenters. The second kappa shape index (κ2) is 10.4. The lowest BCUT2D eigenvalue weighted by molar-refractivity contribution is -0.157. The maximum atomic E-state index is 13.1. The van der Waals surface area contributed by atoms with Gasteiger partial charge in [0, 0.05) is 38.5 Å². The Balaban J connectivity index is 2.03. The van der Waals surface area contributed by atoms with Crippen LogP contribution in [0.25, 0.3) is 0 Å². The largest absolute Gasteiger partial charge is 0.458 e. The van der Waals surface area contributed by atoms with E-state index in [2.05, 4.69) is 10.3 Å². The van der Waals surface area contributed by atoms with E-state index in [9.17, 15) is 13.8 Å². The van der Waals surface area contributed by atoms with Gasteiger partial charge in [0.15, 0.2) is 0 Å². The number of carbonyl (C=O) groups excluding carboxylic acids is 2. The van der Waals surface area contributed by atoms with Gasteiger partial charge in [-0.15, -0.1) is 0 Å². The summed E-state index contributed by atoms with van der Waals surface area (Å²) in [4.78, 5) is 29.4. The third-order valence-electron chi connectivity index (χ3n) is 5.55. The Morgan fingerprint density at radius 1 is 1.12 bits per heavy atom. The summed E-state index contributed by atoms with van der Waals surface area (Å²) in [5, 5.41) is 2.53. The second-order valence-corrected chi connectivity index (χ2v) is 13.3.